The summed E-state index contributed by atoms with van der Waals surface area (Å²) in [4.78, 5) is 13.3. The Morgan fingerprint density at radius 1 is 1.58 bits per heavy atom. The van der Waals surface area contributed by atoms with Crippen LogP contribution in [0.4, 0.5) is 5.00 Å². The summed E-state index contributed by atoms with van der Waals surface area (Å²) in [6.45, 7) is 3.97. The van der Waals surface area contributed by atoms with Crippen LogP contribution in [0.5, 0.6) is 0 Å². The quantitative estimate of drug-likeness (QED) is 0.887. The van der Waals surface area contributed by atoms with E-state index in [1.54, 1.807) is 0 Å². The van der Waals surface area contributed by atoms with Crippen molar-refractivity contribution in [2.75, 3.05) is 5.32 Å². The zero-order valence-electron chi connectivity index (χ0n) is 11.3. The first-order valence-corrected chi connectivity index (χ1v) is 7.51. The van der Waals surface area contributed by atoms with Crippen LogP contribution in [-0.4, -0.2) is 11.9 Å². The highest BCUT2D eigenvalue weighted by Gasteiger charge is 2.25. The van der Waals surface area contributed by atoms with Crippen molar-refractivity contribution < 1.29 is 4.79 Å². The van der Waals surface area contributed by atoms with Crippen molar-refractivity contribution in [3.63, 3.8) is 0 Å². The second-order valence-corrected chi connectivity index (χ2v) is 6.18. The maximum absolute atomic E-state index is 12.1. The average Bonchev–Trinajstić information content (AvgIpc) is 2.96. The van der Waals surface area contributed by atoms with Gasteiger partial charge in [0.15, 0.2) is 0 Å². The first-order valence-electron chi connectivity index (χ1n) is 6.69. The monoisotopic (exact) mass is 277 g/mol. The van der Waals surface area contributed by atoms with Crippen LogP contribution in [0.3, 0.4) is 0 Å². The number of aryl methyl sites for hydroxylation is 1. The Hall–Kier alpha value is -1.38. The predicted octanol–water partition coefficient (Wildman–Crippen LogP) is 2.42. The van der Waals surface area contributed by atoms with Crippen LogP contribution >= 0.6 is 11.3 Å². The lowest BCUT2D eigenvalue weighted by Crippen LogP contribution is -2.40. The van der Waals surface area contributed by atoms with Crippen LogP contribution in [0, 0.1) is 17.2 Å². The molecule has 5 heteroatoms. The Morgan fingerprint density at radius 2 is 2.32 bits per heavy atom. The van der Waals surface area contributed by atoms with E-state index in [4.69, 9.17) is 5.73 Å². The van der Waals surface area contributed by atoms with Crippen molar-refractivity contribution in [1.82, 2.24) is 0 Å². The molecule has 1 heterocycles. The number of hydrogen-bond donors (Lipinski definition) is 2. The summed E-state index contributed by atoms with van der Waals surface area (Å²) in [5, 5.41) is 12.8. The smallest absolute Gasteiger partial charge is 0.242 e. The van der Waals surface area contributed by atoms with Crippen molar-refractivity contribution in [2.45, 2.75) is 45.6 Å². The van der Waals surface area contributed by atoms with E-state index < -0.39 is 6.04 Å². The molecule has 3 N–H and O–H groups in total. The van der Waals surface area contributed by atoms with Crippen LogP contribution in [0.2, 0.25) is 0 Å². The number of anilines is 1. The topological polar surface area (TPSA) is 78.9 Å². The standard InChI is InChI=1S/C14H19N3OS/c1-3-8(2)12(16)13(18)17-14-10(7-15)9-5-4-6-11(9)19-14/h8,12H,3-6,16H2,1-2H3,(H,17,18)/t8-,12-/m0/s1. The fraction of sp³-hybridized carbons (Fsp3) is 0.571. The van der Waals surface area contributed by atoms with Gasteiger partial charge >= 0.3 is 0 Å². The molecule has 0 spiro atoms. The van der Waals surface area contributed by atoms with Crippen LogP contribution in [-0.2, 0) is 17.6 Å². The molecule has 0 bridgehead atoms. The number of amides is 1. The van der Waals surface area contributed by atoms with Gasteiger partial charge in [-0.15, -0.1) is 11.3 Å². The maximum Gasteiger partial charge on any atom is 0.242 e. The number of nitriles is 1. The summed E-state index contributed by atoms with van der Waals surface area (Å²) in [6.07, 6.45) is 3.93. The van der Waals surface area contributed by atoms with Gasteiger partial charge in [0, 0.05) is 4.88 Å². The van der Waals surface area contributed by atoms with Gasteiger partial charge in [0.1, 0.15) is 11.1 Å². The molecular formula is C14H19N3OS. The molecule has 0 fully saturated rings. The van der Waals surface area contributed by atoms with Crippen molar-refractivity contribution in [1.29, 1.82) is 5.26 Å². The molecule has 0 radical (unpaired) electrons. The number of rotatable bonds is 4. The number of carbonyl (C=O) groups is 1. The van der Waals surface area contributed by atoms with Gasteiger partial charge in [-0.05, 0) is 30.7 Å². The first-order chi connectivity index (χ1) is 9.08. The second-order valence-electron chi connectivity index (χ2n) is 5.07. The zero-order chi connectivity index (χ0) is 14.0. The molecule has 0 saturated carbocycles. The molecule has 0 unspecified atom stereocenters. The molecule has 0 saturated heterocycles. The third kappa shape index (κ3) is 2.65. The van der Waals surface area contributed by atoms with Crippen LogP contribution < -0.4 is 11.1 Å². The summed E-state index contributed by atoms with van der Waals surface area (Å²) in [6, 6.07) is 1.70. The third-order valence-corrected chi connectivity index (χ3v) is 5.04. The molecular weight excluding hydrogens is 258 g/mol. The van der Waals surface area contributed by atoms with E-state index in [-0.39, 0.29) is 11.8 Å². The lowest BCUT2D eigenvalue weighted by molar-refractivity contribution is -0.118. The number of nitrogens with zero attached hydrogens (tertiary/aromatic N) is 1. The van der Waals surface area contributed by atoms with E-state index in [0.717, 1.165) is 31.2 Å². The fourth-order valence-electron chi connectivity index (χ4n) is 2.32. The highest BCUT2D eigenvalue weighted by Crippen LogP contribution is 2.38. The van der Waals surface area contributed by atoms with Gasteiger partial charge in [0.2, 0.25) is 5.91 Å². The highest BCUT2D eigenvalue weighted by atomic mass is 32.1. The minimum absolute atomic E-state index is 0.136. The van der Waals surface area contributed by atoms with Gasteiger partial charge in [0.05, 0.1) is 11.6 Å². The largest absolute Gasteiger partial charge is 0.320 e. The molecule has 102 valence electrons. The van der Waals surface area contributed by atoms with Crippen molar-refractivity contribution in [3.8, 4) is 6.07 Å². The number of carbonyl (C=O) groups excluding carboxylic acids is 1. The lowest BCUT2D eigenvalue weighted by Gasteiger charge is -2.17. The SMILES string of the molecule is CC[C@H](C)[C@H](N)C(=O)Nc1sc2c(c1C#N)CCC2. The van der Waals surface area contributed by atoms with E-state index in [2.05, 4.69) is 11.4 Å². The fourth-order valence-corrected chi connectivity index (χ4v) is 3.56. The Kier molecular flexibility index (Phi) is 4.23. The van der Waals surface area contributed by atoms with Crippen LogP contribution in [0.15, 0.2) is 0 Å². The minimum Gasteiger partial charge on any atom is -0.320 e. The molecule has 4 nitrogen and oxygen atoms in total. The number of fused-ring (bicyclic) bond motifs is 1. The van der Waals surface area contributed by atoms with Crippen LogP contribution in [0.1, 0.15) is 42.7 Å². The summed E-state index contributed by atoms with van der Waals surface area (Å²) >= 11 is 1.53. The van der Waals surface area contributed by atoms with Gasteiger partial charge < -0.3 is 11.1 Å². The molecule has 0 aliphatic heterocycles. The first kappa shape index (κ1) is 14.0. The zero-order valence-corrected chi connectivity index (χ0v) is 12.1. The predicted molar refractivity (Wildman–Crippen MR) is 77.1 cm³/mol. The molecule has 2 rings (SSSR count). The minimum atomic E-state index is -0.520. The molecule has 1 amide bonds. The van der Waals surface area contributed by atoms with Gasteiger partial charge in [-0.2, -0.15) is 5.26 Å². The maximum atomic E-state index is 12.1. The molecule has 0 aromatic carbocycles. The van der Waals surface area contributed by atoms with Gasteiger partial charge in [0.25, 0.3) is 0 Å². The van der Waals surface area contributed by atoms with Crippen molar-refractivity contribution >= 4 is 22.2 Å². The molecule has 1 aliphatic rings. The Balaban J connectivity index is 2.16. The number of nitrogens with two attached hydrogens (primary N) is 1. The highest BCUT2D eigenvalue weighted by molar-refractivity contribution is 7.16. The molecule has 1 aliphatic carbocycles. The summed E-state index contributed by atoms with van der Waals surface area (Å²) in [5.74, 6) is -0.0527. The van der Waals surface area contributed by atoms with Crippen molar-refractivity contribution in [3.05, 3.63) is 16.0 Å². The lowest BCUT2D eigenvalue weighted by atomic mass is 9.99. The Morgan fingerprint density at radius 3 is 2.95 bits per heavy atom. The second kappa shape index (κ2) is 5.72. The van der Waals surface area contributed by atoms with Gasteiger partial charge in [-0.1, -0.05) is 20.3 Å². The van der Waals surface area contributed by atoms with E-state index in [1.165, 1.54) is 16.2 Å². The summed E-state index contributed by atoms with van der Waals surface area (Å²) < 4.78 is 0. The van der Waals surface area contributed by atoms with Gasteiger partial charge in [-0.3, -0.25) is 4.79 Å². The molecule has 2 atom stereocenters. The van der Waals surface area contributed by atoms with E-state index in [0.29, 0.717) is 10.6 Å². The Bertz CT molecular complexity index is 530. The average molecular weight is 277 g/mol. The van der Waals surface area contributed by atoms with Crippen molar-refractivity contribution in [2.24, 2.45) is 11.7 Å². The van der Waals surface area contributed by atoms with E-state index >= 15 is 0 Å². The van der Waals surface area contributed by atoms with E-state index in [9.17, 15) is 10.1 Å². The normalized spacial score (nSPS) is 16.5. The number of thiophene rings is 1. The van der Waals surface area contributed by atoms with Crippen LogP contribution in [0.25, 0.3) is 0 Å². The summed E-state index contributed by atoms with van der Waals surface area (Å²) in [5.41, 5.74) is 7.68. The third-order valence-electron chi connectivity index (χ3n) is 3.83. The molecule has 19 heavy (non-hydrogen) atoms. The Labute approximate surface area is 117 Å². The molecule has 1 aromatic heterocycles. The van der Waals surface area contributed by atoms with Gasteiger partial charge in [-0.25, -0.2) is 0 Å². The summed E-state index contributed by atoms with van der Waals surface area (Å²) in [7, 11) is 0. The number of nitrogens with one attached hydrogen (secondary N) is 1. The molecule has 1 aromatic rings. The van der Waals surface area contributed by atoms with E-state index in [1.807, 2.05) is 13.8 Å². The number of hydrogen-bond acceptors (Lipinski definition) is 4.